The lowest BCUT2D eigenvalue weighted by Crippen LogP contribution is -1.99. The molecule has 0 aliphatic carbocycles. The molecule has 2 heterocycles. The normalized spacial score (nSPS) is 10.4. The topological polar surface area (TPSA) is 43.6 Å². The number of nitrogens with zero attached hydrogens (tertiary/aromatic N) is 4. The Hall–Kier alpha value is -2.49. The minimum Gasteiger partial charge on any atom is -0.265 e. The minimum absolute atomic E-state index is 0.735. The van der Waals surface area contributed by atoms with Crippen molar-refractivity contribution < 1.29 is 0 Å². The molecule has 4 nitrogen and oxygen atoms in total. The number of hydrogen-bond acceptors (Lipinski definition) is 3. The summed E-state index contributed by atoms with van der Waals surface area (Å²) in [6.45, 7) is 0.735. The van der Waals surface area contributed by atoms with Crippen molar-refractivity contribution in [3.05, 3.63) is 66.6 Å². The van der Waals surface area contributed by atoms with Gasteiger partial charge >= 0.3 is 0 Å². The van der Waals surface area contributed by atoms with Gasteiger partial charge in [-0.1, -0.05) is 35.5 Å². The average molecular weight is 236 g/mol. The first-order valence-corrected chi connectivity index (χ1v) is 5.76. The van der Waals surface area contributed by atoms with E-state index in [0.29, 0.717) is 0 Å². The van der Waals surface area contributed by atoms with E-state index >= 15 is 0 Å². The third-order valence-electron chi connectivity index (χ3n) is 2.70. The summed E-state index contributed by atoms with van der Waals surface area (Å²) in [5.74, 6) is 0. The third kappa shape index (κ3) is 2.27. The Bertz CT molecular complexity index is 617. The molecule has 0 saturated heterocycles. The zero-order chi connectivity index (χ0) is 12.2. The predicted molar refractivity (Wildman–Crippen MR) is 68.8 cm³/mol. The van der Waals surface area contributed by atoms with Gasteiger partial charge in [0, 0.05) is 18.0 Å². The fraction of sp³-hybridized carbons (Fsp3) is 0.0714. The first-order chi connectivity index (χ1) is 8.92. The molecule has 0 unspecified atom stereocenters. The molecule has 1 aromatic carbocycles. The second-order valence-electron chi connectivity index (χ2n) is 4.02. The van der Waals surface area contributed by atoms with Gasteiger partial charge < -0.3 is 0 Å². The molecule has 0 aliphatic rings. The highest BCUT2D eigenvalue weighted by molar-refractivity contribution is 5.56. The van der Waals surface area contributed by atoms with Crippen molar-refractivity contribution in [1.29, 1.82) is 0 Å². The molecule has 0 fully saturated rings. The first kappa shape index (κ1) is 10.7. The van der Waals surface area contributed by atoms with Crippen molar-refractivity contribution >= 4 is 0 Å². The van der Waals surface area contributed by atoms with Gasteiger partial charge in [0.15, 0.2) is 0 Å². The summed E-state index contributed by atoms with van der Waals surface area (Å²) in [4.78, 5) is 3.99. The van der Waals surface area contributed by atoms with Crippen LogP contribution in [0.2, 0.25) is 0 Å². The molecule has 88 valence electrons. The number of benzene rings is 1. The van der Waals surface area contributed by atoms with Crippen LogP contribution in [-0.4, -0.2) is 20.0 Å². The Morgan fingerprint density at radius 3 is 2.50 bits per heavy atom. The van der Waals surface area contributed by atoms with Gasteiger partial charge in [-0.2, -0.15) is 0 Å². The van der Waals surface area contributed by atoms with E-state index in [1.54, 1.807) is 12.4 Å². The van der Waals surface area contributed by atoms with Gasteiger partial charge in [-0.05, 0) is 17.7 Å². The molecule has 0 radical (unpaired) electrons. The molecule has 2 aromatic heterocycles. The van der Waals surface area contributed by atoms with Crippen molar-refractivity contribution in [3.8, 4) is 11.3 Å². The Morgan fingerprint density at radius 2 is 1.72 bits per heavy atom. The summed E-state index contributed by atoms with van der Waals surface area (Å²) >= 11 is 0. The molecule has 0 spiro atoms. The van der Waals surface area contributed by atoms with Crippen molar-refractivity contribution in [2.75, 3.05) is 0 Å². The Balaban J connectivity index is 1.82. The zero-order valence-electron chi connectivity index (χ0n) is 9.77. The summed E-state index contributed by atoms with van der Waals surface area (Å²) < 4.78 is 1.84. The molecule has 3 aromatic rings. The van der Waals surface area contributed by atoms with Crippen molar-refractivity contribution in [2.45, 2.75) is 6.54 Å². The molecule has 0 N–H and O–H groups in total. The Labute approximate surface area is 105 Å². The fourth-order valence-corrected chi connectivity index (χ4v) is 1.80. The molecule has 0 saturated carbocycles. The molecule has 18 heavy (non-hydrogen) atoms. The largest absolute Gasteiger partial charge is 0.265 e. The average Bonchev–Trinajstić information content (AvgIpc) is 2.89. The lowest BCUT2D eigenvalue weighted by Gasteiger charge is -1.99. The summed E-state index contributed by atoms with van der Waals surface area (Å²) in [5.41, 5.74) is 3.11. The summed E-state index contributed by atoms with van der Waals surface area (Å²) in [7, 11) is 0. The summed E-state index contributed by atoms with van der Waals surface area (Å²) in [6, 6.07) is 14.1. The molecule has 0 amide bonds. The van der Waals surface area contributed by atoms with E-state index in [0.717, 1.165) is 17.8 Å². The van der Waals surface area contributed by atoms with Crippen LogP contribution in [0.5, 0.6) is 0 Å². The highest BCUT2D eigenvalue weighted by atomic mass is 15.4. The van der Waals surface area contributed by atoms with Crippen LogP contribution in [-0.2, 0) is 6.54 Å². The van der Waals surface area contributed by atoms with Gasteiger partial charge in [0.1, 0.15) is 5.69 Å². The first-order valence-electron chi connectivity index (χ1n) is 5.76. The molecular weight excluding hydrogens is 224 g/mol. The van der Waals surface area contributed by atoms with E-state index in [1.165, 1.54) is 5.56 Å². The van der Waals surface area contributed by atoms with E-state index < -0.39 is 0 Å². The molecule has 0 aliphatic heterocycles. The van der Waals surface area contributed by atoms with Crippen LogP contribution in [0.1, 0.15) is 5.56 Å². The minimum atomic E-state index is 0.735. The highest BCUT2D eigenvalue weighted by Crippen LogP contribution is 2.14. The number of aromatic nitrogens is 4. The van der Waals surface area contributed by atoms with Crippen LogP contribution in [0.15, 0.2) is 61.1 Å². The summed E-state index contributed by atoms with van der Waals surface area (Å²) in [6.07, 6.45) is 5.46. The molecule has 0 bridgehead atoms. The van der Waals surface area contributed by atoms with Crippen LogP contribution in [0.3, 0.4) is 0 Å². The van der Waals surface area contributed by atoms with E-state index in [1.807, 2.05) is 41.2 Å². The molecule has 3 rings (SSSR count). The number of rotatable bonds is 3. The van der Waals surface area contributed by atoms with Gasteiger partial charge in [-0.3, -0.25) is 4.98 Å². The maximum atomic E-state index is 4.17. The van der Waals surface area contributed by atoms with Gasteiger partial charge in [0.2, 0.25) is 0 Å². The van der Waals surface area contributed by atoms with Gasteiger partial charge in [-0.15, -0.1) is 5.10 Å². The fourth-order valence-electron chi connectivity index (χ4n) is 1.80. The SMILES string of the molecule is c1ccc(Cn2cc(-c3ccncc3)nn2)cc1. The number of hydrogen-bond donors (Lipinski definition) is 0. The van der Waals surface area contributed by atoms with Gasteiger partial charge in [0.05, 0.1) is 12.7 Å². The van der Waals surface area contributed by atoms with E-state index in [-0.39, 0.29) is 0 Å². The third-order valence-corrected chi connectivity index (χ3v) is 2.70. The maximum Gasteiger partial charge on any atom is 0.113 e. The van der Waals surface area contributed by atoms with Crippen molar-refractivity contribution in [1.82, 2.24) is 20.0 Å². The lowest BCUT2D eigenvalue weighted by molar-refractivity contribution is 0.650. The number of pyridine rings is 1. The predicted octanol–water partition coefficient (Wildman–Crippen LogP) is 2.39. The van der Waals surface area contributed by atoms with Gasteiger partial charge in [-0.25, -0.2) is 4.68 Å². The second kappa shape index (κ2) is 4.79. The standard InChI is InChI=1S/C14H12N4/c1-2-4-12(5-3-1)10-18-11-14(16-17-18)13-6-8-15-9-7-13/h1-9,11H,10H2. The van der Waals surface area contributed by atoms with E-state index in [9.17, 15) is 0 Å². The lowest BCUT2D eigenvalue weighted by atomic mass is 10.2. The van der Waals surface area contributed by atoms with Crippen molar-refractivity contribution in [3.63, 3.8) is 0 Å². The highest BCUT2D eigenvalue weighted by Gasteiger charge is 2.03. The van der Waals surface area contributed by atoms with Crippen LogP contribution in [0.4, 0.5) is 0 Å². The quantitative estimate of drug-likeness (QED) is 0.701. The Morgan fingerprint density at radius 1 is 0.944 bits per heavy atom. The van der Waals surface area contributed by atoms with Crippen LogP contribution in [0.25, 0.3) is 11.3 Å². The van der Waals surface area contributed by atoms with Crippen molar-refractivity contribution in [2.24, 2.45) is 0 Å². The Kier molecular flexibility index (Phi) is 2.84. The molecule has 4 heteroatoms. The summed E-state index contributed by atoms with van der Waals surface area (Å²) in [5, 5.41) is 8.30. The smallest absolute Gasteiger partial charge is 0.113 e. The van der Waals surface area contributed by atoms with Crippen LogP contribution < -0.4 is 0 Å². The van der Waals surface area contributed by atoms with Crippen LogP contribution in [0, 0.1) is 0 Å². The maximum absolute atomic E-state index is 4.17. The van der Waals surface area contributed by atoms with E-state index in [2.05, 4.69) is 27.4 Å². The van der Waals surface area contributed by atoms with Crippen LogP contribution >= 0.6 is 0 Å². The second-order valence-corrected chi connectivity index (χ2v) is 4.02. The van der Waals surface area contributed by atoms with E-state index in [4.69, 9.17) is 0 Å². The molecule has 0 atom stereocenters. The molecular formula is C14H12N4. The zero-order valence-corrected chi connectivity index (χ0v) is 9.77. The van der Waals surface area contributed by atoms with Gasteiger partial charge in [0.25, 0.3) is 0 Å². The monoisotopic (exact) mass is 236 g/mol.